The van der Waals surface area contributed by atoms with Crippen LogP contribution < -0.4 is 4.72 Å². The molecule has 0 radical (unpaired) electrons. The molecule has 0 unspecified atom stereocenters. The Hall–Kier alpha value is -1.25. The molecule has 0 spiro atoms. The lowest BCUT2D eigenvalue weighted by molar-refractivity contribution is 0.0705. The highest BCUT2D eigenvalue weighted by Gasteiger charge is 2.26. The summed E-state index contributed by atoms with van der Waals surface area (Å²) >= 11 is 5.72. The molecule has 0 aromatic carbocycles. The van der Waals surface area contributed by atoms with Crippen LogP contribution in [-0.2, 0) is 10.0 Å². The molecule has 7 nitrogen and oxygen atoms in total. The second-order valence-corrected chi connectivity index (χ2v) is 7.24. The maximum absolute atomic E-state index is 12.2. The number of likely N-dealkylation sites (tertiary alicyclic amines) is 1. The van der Waals surface area contributed by atoms with E-state index in [1.54, 1.807) is 11.8 Å². The fourth-order valence-electron chi connectivity index (χ4n) is 2.14. The van der Waals surface area contributed by atoms with Crippen LogP contribution in [0, 0.1) is 0 Å². The van der Waals surface area contributed by atoms with E-state index in [1.807, 2.05) is 0 Å². The number of sulfonamides is 1. The number of halogens is 1. The highest BCUT2D eigenvalue weighted by molar-refractivity contribution is 7.89. The first kappa shape index (κ1) is 16.1. The number of piperidine rings is 1. The van der Waals surface area contributed by atoms with E-state index in [2.05, 4.69) is 14.7 Å². The van der Waals surface area contributed by atoms with E-state index in [4.69, 9.17) is 11.6 Å². The van der Waals surface area contributed by atoms with Gasteiger partial charge in [0.05, 0.1) is 18.1 Å². The summed E-state index contributed by atoms with van der Waals surface area (Å²) in [6, 6.07) is -0.121. The number of rotatable bonds is 4. The van der Waals surface area contributed by atoms with Crippen LogP contribution in [0.15, 0.2) is 12.4 Å². The number of carbonyl (C=O) groups is 1. The van der Waals surface area contributed by atoms with Gasteiger partial charge in [0, 0.05) is 19.1 Å². The van der Waals surface area contributed by atoms with Crippen LogP contribution in [0.1, 0.15) is 30.3 Å². The standard InChI is InChI=1S/C12H17ClN4O3S/c1-2-21(19,20)16-9-3-5-17(6-4-9)12(18)10-7-14-8-11(13)15-10/h7-9,16H,2-6H2,1H3. The third-order valence-electron chi connectivity index (χ3n) is 3.33. The zero-order valence-corrected chi connectivity index (χ0v) is 13.2. The molecule has 2 rings (SSSR count). The summed E-state index contributed by atoms with van der Waals surface area (Å²) < 4.78 is 25.7. The summed E-state index contributed by atoms with van der Waals surface area (Å²) in [4.78, 5) is 21.6. The first-order chi connectivity index (χ1) is 9.91. The Kier molecular flexibility index (Phi) is 5.13. The van der Waals surface area contributed by atoms with E-state index < -0.39 is 10.0 Å². The Labute approximate surface area is 128 Å². The SMILES string of the molecule is CCS(=O)(=O)NC1CCN(C(=O)c2cncc(Cl)n2)CC1. The van der Waals surface area contributed by atoms with Gasteiger partial charge in [-0.3, -0.25) is 9.78 Å². The van der Waals surface area contributed by atoms with Crippen molar-refractivity contribution in [2.24, 2.45) is 0 Å². The summed E-state index contributed by atoms with van der Waals surface area (Å²) in [6.45, 7) is 2.55. The normalized spacial score (nSPS) is 17.0. The van der Waals surface area contributed by atoms with Crippen LogP contribution in [0.5, 0.6) is 0 Å². The molecule has 1 aromatic heterocycles. The second-order valence-electron chi connectivity index (χ2n) is 4.81. The molecule has 0 atom stereocenters. The Balaban J connectivity index is 1.93. The van der Waals surface area contributed by atoms with E-state index in [9.17, 15) is 13.2 Å². The van der Waals surface area contributed by atoms with E-state index in [0.29, 0.717) is 25.9 Å². The van der Waals surface area contributed by atoms with Crippen molar-refractivity contribution in [2.75, 3.05) is 18.8 Å². The second kappa shape index (κ2) is 6.67. The van der Waals surface area contributed by atoms with E-state index >= 15 is 0 Å². The van der Waals surface area contributed by atoms with E-state index in [-0.39, 0.29) is 28.5 Å². The van der Waals surface area contributed by atoms with Crippen molar-refractivity contribution >= 4 is 27.5 Å². The summed E-state index contributed by atoms with van der Waals surface area (Å²) in [7, 11) is -3.21. The van der Waals surface area contributed by atoms with Crippen molar-refractivity contribution in [2.45, 2.75) is 25.8 Å². The van der Waals surface area contributed by atoms with Crippen LogP contribution in [0.4, 0.5) is 0 Å². The third-order valence-corrected chi connectivity index (χ3v) is 4.97. The molecule has 1 saturated heterocycles. The van der Waals surface area contributed by atoms with Crippen LogP contribution in [0.3, 0.4) is 0 Å². The molecule has 1 fully saturated rings. The molecule has 0 saturated carbocycles. The van der Waals surface area contributed by atoms with Gasteiger partial charge in [-0.2, -0.15) is 0 Å². The lowest BCUT2D eigenvalue weighted by atomic mass is 10.1. The molecule has 1 aromatic rings. The van der Waals surface area contributed by atoms with Gasteiger partial charge in [0.25, 0.3) is 5.91 Å². The topological polar surface area (TPSA) is 92.3 Å². The van der Waals surface area contributed by atoms with Crippen molar-refractivity contribution in [1.82, 2.24) is 19.6 Å². The molecule has 1 N–H and O–H groups in total. The smallest absolute Gasteiger partial charge is 0.274 e. The number of aromatic nitrogens is 2. The molecule has 116 valence electrons. The lowest BCUT2D eigenvalue weighted by Gasteiger charge is -2.31. The minimum absolute atomic E-state index is 0.0598. The van der Waals surface area contributed by atoms with Crippen molar-refractivity contribution in [3.63, 3.8) is 0 Å². The van der Waals surface area contributed by atoms with Crippen molar-refractivity contribution in [1.29, 1.82) is 0 Å². The van der Waals surface area contributed by atoms with Gasteiger partial charge in [-0.05, 0) is 19.8 Å². The molecule has 9 heteroatoms. The highest BCUT2D eigenvalue weighted by Crippen LogP contribution is 2.14. The number of nitrogens with one attached hydrogen (secondary N) is 1. The van der Waals surface area contributed by atoms with Gasteiger partial charge in [0.2, 0.25) is 10.0 Å². The molecular weight excluding hydrogens is 316 g/mol. The fourth-order valence-corrected chi connectivity index (χ4v) is 3.20. The Bertz CT molecular complexity index is 615. The predicted octanol–water partition coefficient (Wildman–Crippen LogP) is 0.674. The minimum atomic E-state index is -3.21. The van der Waals surface area contributed by atoms with Gasteiger partial charge in [-0.25, -0.2) is 18.1 Å². The number of hydrogen-bond donors (Lipinski definition) is 1. The predicted molar refractivity (Wildman–Crippen MR) is 78.6 cm³/mol. The minimum Gasteiger partial charge on any atom is -0.337 e. The highest BCUT2D eigenvalue weighted by atomic mass is 35.5. The first-order valence-corrected chi connectivity index (χ1v) is 8.71. The zero-order chi connectivity index (χ0) is 15.5. The molecule has 1 aliphatic rings. The maximum Gasteiger partial charge on any atom is 0.274 e. The summed E-state index contributed by atoms with van der Waals surface area (Å²) in [5.74, 6) is -0.175. The number of carbonyl (C=O) groups excluding carboxylic acids is 1. The molecule has 2 heterocycles. The van der Waals surface area contributed by atoms with Crippen molar-refractivity contribution in [3.8, 4) is 0 Å². The Morgan fingerprint density at radius 2 is 2.10 bits per heavy atom. The van der Waals surface area contributed by atoms with Crippen molar-refractivity contribution in [3.05, 3.63) is 23.2 Å². The number of amides is 1. The van der Waals surface area contributed by atoms with Gasteiger partial charge in [-0.1, -0.05) is 11.6 Å². The van der Waals surface area contributed by atoms with Gasteiger partial charge in [0.15, 0.2) is 0 Å². The monoisotopic (exact) mass is 332 g/mol. The fraction of sp³-hybridized carbons (Fsp3) is 0.583. The Morgan fingerprint density at radius 1 is 1.43 bits per heavy atom. The van der Waals surface area contributed by atoms with Crippen LogP contribution in [-0.4, -0.2) is 54.1 Å². The Morgan fingerprint density at radius 3 is 2.67 bits per heavy atom. The lowest BCUT2D eigenvalue weighted by Crippen LogP contribution is -2.47. The van der Waals surface area contributed by atoms with E-state index in [1.165, 1.54) is 12.4 Å². The van der Waals surface area contributed by atoms with Crippen molar-refractivity contribution < 1.29 is 13.2 Å². The molecule has 21 heavy (non-hydrogen) atoms. The average molecular weight is 333 g/mol. The maximum atomic E-state index is 12.2. The molecule has 0 bridgehead atoms. The average Bonchev–Trinajstić information content (AvgIpc) is 2.47. The molecule has 1 amide bonds. The number of hydrogen-bond acceptors (Lipinski definition) is 5. The van der Waals surface area contributed by atoms with Crippen LogP contribution in [0.2, 0.25) is 5.15 Å². The van der Waals surface area contributed by atoms with Crippen LogP contribution >= 0.6 is 11.6 Å². The van der Waals surface area contributed by atoms with Gasteiger partial charge >= 0.3 is 0 Å². The van der Waals surface area contributed by atoms with E-state index in [0.717, 1.165) is 0 Å². The first-order valence-electron chi connectivity index (χ1n) is 6.68. The van der Waals surface area contributed by atoms with Crippen LogP contribution in [0.25, 0.3) is 0 Å². The summed E-state index contributed by atoms with van der Waals surface area (Å²) in [5, 5.41) is 0.173. The quantitative estimate of drug-likeness (QED) is 0.875. The summed E-state index contributed by atoms with van der Waals surface area (Å²) in [5.41, 5.74) is 0.204. The third kappa shape index (κ3) is 4.36. The molecular formula is C12H17ClN4O3S. The number of nitrogens with zero attached hydrogens (tertiary/aromatic N) is 3. The van der Waals surface area contributed by atoms with Gasteiger partial charge in [0.1, 0.15) is 10.8 Å². The molecule has 1 aliphatic heterocycles. The summed E-state index contributed by atoms with van der Waals surface area (Å²) in [6.07, 6.45) is 3.90. The van der Waals surface area contributed by atoms with Gasteiger partial charge in [-0.15, -0.1) is 0 Å². The molecule has 0 aliphatic carbocycles. The largest absolute Gasteiger partial charge is 0.337 e. The van der Waals surface area contributed by atoms with Gasteiger partial charge < -0.3 is 4.90 Å². The zero-order valence-electron chi connectivity index (χ0n) is 11.6.